The molecule has 0 bridgehead atoms. The van der Waals surface area contributed by atoms with Gasteiger partial charge in [0, 0.05) is 13.1 Å². The maximum absolute atomic E-state index is 12.1. The van der Waals surface area contributed by atoms with Gasteiger partial charge in [-0.2, -0.15) is 4.31 Å². The van der Waals surface area contributed by atoms with Gasteiger partial charge in [0.25, 0.3) is 10.0 Å². The quantitative estimate of drug-likeness (QED) is 0.775. The standard InChI is InChI=1S/C7H12N4O3S2/c1-5-4-11(2-3-14-5)16(12,13)7-10-9-6(8)15-7/h5H,2-4H2,1H3,(H2,8,9). The summed E-state index contributed by atoms with van der Waals surface area (Å²) in [6.45, 7) is 2.90. The molecule has 0 amide bonds. The summed E-state index contributed by atoms with van der Waals surface area (Å²) in [7, 11) is -3.56. The second-order valence-electron chi connectivity index (χ2n) is 3.45. The van der Waals surface area contributed by atoms with Crippen molar-refractivity contribution in [1.82, 2.24) is 14.5 Å². The van der Waals surface area contributed by atoms with E-state index >= 15 is 0 Å². The molecule has 1 fully saturated rings. The van der Waals surface area contributed by atoms with E-state index in [9.17, 15) is 8.42 Å². The molecule has 7 nitrogen and oxygen atoms in total. The average molecular weight is 264 g/mol. The summed E-state index contributed by atoms with van der Waals surface area (Å²) >= 11 is 0.875. The fourth-order valence-corrected chi connectivity index (χ4v) is 3.86. The summed E-state index contributed by atoms with van der Waals surface area (Å²) in [5, 5.41) is 7.22. The van der Waals surface area contributed by atoms with E-state index in [1.54, 1.807) is 0 Å². The maximum Gasteiger partial charge on any atom is 0.272 e. The summed E-state index contributed by atoms with van der Waals surface area (Å²) in [6, 6.07) is 0. The van der Waals surface area contributed by atoms with Gasteiger partial charge in [-0.15, -0.1) is 10.2 Å². The first-order valence-electron chi connectivity index (χ1n) is 4.71. The van der Waals surface area contributed by atoms with Crippen molar-refractivity contribution in [1.29, 1.82) is 0 Å². The molecule has 9 heteroatoms. The zero-order chi connectivity index (χ0) is 11.8. The Morgan fingerprint density at radius 1 is 1.56 bits per heavy atom. The summed E-state index contributed by atoms with van der Waals surface area (Å²) in [5.74, 6) is 0. The molecule has 1 aromatic heterocycles. The van der Waals surface area contributed by atoms with Crippen LogP contribution in [0, 0.1) is 0 Å². The first-order valence-corrected chi connectivity index (χ1v) is 6.96. The minimum atomic E-state index is -3.56. The van der Waals surface area contributed by atoms with Crippen LogP contribution in [0.5, 0.6) is 0 Å². The molecular formula is C7H12N4O3S2. The molecule has 1 unspecified atom stereocenters. The molecule has 1 aliphatic heterocycles. The number of nitrogens with two attached hydrogens (primary N) is 1. The SMILES string of the molecule is CC1CN(S(=O)(=O)c2nnc(N)s2)CCO1. The van der Waals surface area contributed by atoms with Crippen molar-refractivity contribution in [3.8, 4) is 0 Å². The first kappa shape index (κ1) is 11.7. The Bertz CT molecular complexity index is 472. The Labute approximate surface area is 97.3 Å². The fourth-order valence-electron chi connectivity index (χ4n) is 1.44. The number of hydrogen-bond donors (Lipinski definition) is 1. The van der Waals surface area contributed by atoms with E-state index < -0.39 is 10.0 Å². The first-order chi connectivity index (χ1) is 7.50. The van der Waals surface area contributed by atoms with Gasteiger partial charge in [-0.25, -0.2) is 8.42 Å². The minimum Gasteiger partial charge on any atom is -0.376 e. The molecular weight excluding hydrogens is 252 g/mol. The molecule has 1 atom stereocenters. The zero-order valence-electron chi connectivity index (χ0n) is 8.66. The number of ether oxygens (including phenoxy) is 1. The molecule has 0 saturated carbocycles. The number of sulfonamides is 1. The van der Waals surface area contributed by atoms with Crippen molar-refractivity contribution >= 4 is 26.5 Å². The van der Waals surface area contributed by atoms with E-state index in [4.69, 9.17) is 10.5 Å². The Morgan fingerprint density at radius 2 is 2.31 bits per heavy atom. The van der Waals surface area contributed by atoms with Crippen molar-refractivity contribution in [2.45, 2.75) is 17.4 Å². The van der Waals surface area contributed by atoms with Gasteiger partial charge in [-0.05, 0) is 6.92 Å². The van der Waals surface area contributed by atoms with Crippen LogP contribution >= 0.6 is 11.3 Å². The van der Waals surface area contributed by atoms with Crippen molar-refractivity contribution in [3.05, 3.63) is 0 Å². The number of morpholine rings is 1. The summed E-state index contributed by atoms with van der Waals surface area (Å²) in [4.78, 5) is 0. The summed E-state index contributed by atoms with van der Waals surface area (Å²) < 4.78 is 30.7. The molecule has 1 aromatic rings. The van der Waals surface area contributed by atoms with E-state index in [1.165, 1.54) is 4.31 Å². The molecule has 90 valence electrons. The van der Waals surface area contributed by atoms with Gasteiger partial charge >= 0.3 is 0 Å². The van der Waals surface area contributed by atoms with Gasteiger partial charge in [0.15, 0.2) is 0 Å². The van der Waals surface area contributed by atoms with Gasteiger partial charge in [0.1, 0.15) is 0 Å². The topological polar surface area (TPSA) is 98.4 Å². The third kappa shape index (κ3) is 2.17. The largest absolute Gasteiger partial charge is 0.376 e. The van der Waals surface area contributed by atoms with E-state index in [1.807, 2.05) is 6.92 Å². The van der Waals surface area contributed by atoms with Crippen molar-refractivity contribution in [2.24, 2.45) is 0 Å². The lowest BCUT2D eigenvalue weighted by molar-refractivity contribution is 0.0102. The highest BCUT2D eigenvalue weighted by Gasteiger charge is 2.31. The van der Waals surface area contributed by atoms with Crippen LogP contribution in [0.3, 0.4) is 0 Å². The highest BCUT2D eigenvalue weighted by molar-refractivity contribution is 7.91. The molecule has 0 aliphatic carbocycles. The molecule has 0 aromatic carbocycles. The molecule has 0 radical (unpaired) electrons. The Morgan fingerprint density at radius 3 is 2.88 bits per heavy atom. The molecule has 2 rings (SSSR count). The van der Waals surface area contributed by atoms with Gasteiger partial charge in [-0.3, -0.25) is 0 Å². The lowest BCUT2D eigenvalue weighted by Gasteiger charge is -2.29. The molecule has 2 N–H and O–H groups in total. The van der Waals surface area contributed by atoms with E-state index in [2.05, 4.69) is 10.2 Å². The van der Waals surface area contributed by atoms with Crippen LogP contribution in [0.25, 0.3) is 0 Å². The predicted molar refractivity (Wildman–Crippen MR) is 58.5 cm³/mol. The smallest absolute Gasteiger partial charge is 0.272 e. The average Bonchev–Trinajstić information content (AvgIpc) is 2.65. The van der Waals surface area contributed by atoms with Crippen molar-refractivity contribution in [2.75, 3.05) is 25.4 Å². The van der Waals surface area contributed by atoms with E-state index in [0.717, 1.165) is 11.3 Å². The molecule has 1 aliphatic rings. The number of anilines is 1. The second-order valence-corrected chi connectivity index (χ2v) is 6.57. The second kappa shape index (κ2) is 4.24. The third-order valence-corrected chi connectivity index (χ3v) is 5.15. The van der Waals surface area contributed by atoms with Crippen LogP contribution in [0.1, 0.15) is 6.92 Å². The number of rotatable bonds is 2. The zero-order valence-corrected chi connectivity index (χ0v) is 10.3. The number of aromatic nitrogens is 2. The van der Waals surface area contributed by atoms with Crippen LogP contribution < -0.4 is 5.73 Å². The van der Waals surface area contributed by atoms with Crippen LogP contribution in [0.2, 0.25) is 0 Å². The van der Waals surface area contributed by atoms with Gasteiger partial charge in [0.05, 0.1) is 12.7 Å². The molecule has 0 spiro atoms. The third-order valence-electron chi connectivity index (χ3n) is 2.19. The number of nitrogens with zero attached hydrogens (tertiary/aromatic N) is 3. The Kier molecular flexibility index (Phi) is 3.10. The highest BCUT2D eigenvalue weighted by atomic mass is 32.2. The maximum atomic E-state index is 12.1. The highest BCUT2D eigenvalue weighted by Crippen LogP contribution is 2.22. The minimum absolute atomic E-state index is 0.0564. The summed E-state index contributed by atoms with van der Waals surface area (Å²) in [5.41, 5.74) is 5.37. The number of nitrogen functional groups attached to an aromatic ring is 1. The van der Waals surface area contributed by atoms with Crippen LogP contribution in [0.15, 0.2) is 4.34 Å². The van der Waals surface area contributed by atoms with E-state index in [0.29, 0.717) is 19.7 Å². The predicted octanol–water partition coefficient (Wildman–Crippen LogP) is -0.470. The van der Waals surface area contributed by atoms with Crippen LogP contribution in [-0.2, 0) is 14.8 Å². The van der Waals surface area contributed by atoms with Gasteiger partial charge < -0.3 is 10.5 Å². The fraction of sp³-hybridized carbons (Fsp3) is 0.714. The monoisotopic (exact) mass is 264 g/mol. The van der Waals surface area contributed by atoms with Gasteiger partial charge in [0.2, 0.25) is 9.47 Å². The number of hydrogen-bond acceptors (Lipinski definition) is 7. The Hall–Kier alpha value is -0.770. The summed E-state index contributed by atoms with van der Waals surface area (Å²) in [6.07, 6.45) is -0.103. The molecule has 2 heterocycles. The lowest BCUT2D eigenvalue weighted by atomic mass is 10.3. The van der Waals surface area contributed by atoms with Crippen LogP contribution in [0.4, 0.5) is 5.13 Å². The molecule has 16 heavy (non-hydrogen) atoms. The lowest BCUT2D eigenvalue weighted by Crippen LogP contribution is -2.44. The van der Waals surface area contributed by atoms with Crippen molar-refractivity contribution in [3.63, 3.8) is 0 Å². The Balaban J connectivity index is 2.25. The molecule has 1 saturated heterocycles. The van der Waals surface area contributed by atoms with Crippen LogP contribution in [-0.4, -0.2) is 48.7 Å². The van der Waals surface area contributed by atoms with Crippen molar-refractivity contribution < 1.29 is 13.2 Å². The normalized spacial score (nSPS) is 23.4. The van der Waals surface area contributed by atoms with Gasteiger partial charge in [-0.1, -0.05) is 11.3 Å². The van der Waals surface area contributed by atoms with E-state index in [-0.39, 0.29) is 15.6 Å².